The molecule has 0 aliphatic carbocycles. The molecule has 1 heterocycles. The summed E-state index contributed by atoms with van der Waals surface area (Å²) in [5.41, 5.74) is 0.956. The molecule has 0 saturated carbocycles. The molecule has 1 fully saturated rings. The van der Waals surface area contributed by atoms with Crippen LogP contribution in [-0.2, 0) is 14.9 Å². The number of alkyl halides is 3. The summed E-state index contributed by atoms with van der Waals surface area (Å²) in [7, 11) is -4.02. The van der Waals surface area contributed by atoms with Crippen molar-refractivity contribution >= 4 is 10.1 Å². The van der Waals surface area contributed by atoms with Gasteiger partial charge in [-0.3, -0.25) is 4.55 Å². The maximum absolute atomic E-state index is 11.8. The van der Waals surface area contributed by atoms with Crippen LogP contribution in [0.3, 0.4) is 0 Å². The Labute approximate surface area is 120 Å². The third-order valence-electron chi connectivity index (χ3n) is 2.64. The number of halogens is 3. The summed E-state index contributed by atoms with van der Waals surface area (Å²) in [5, 5.41) is 2.31. The topological polar surface area (TPSA) is 75.6 Å². The third-order valence-corrected chi connectivity index (χ3v) is 3.50. The van der Waals surface area contributed by atoms with E-state index < -0.39 is 22.3 Å². The Balaban J connectivity index is 0.000000211. The van der Waals surface area contributed by atoms with Gasteiger partial charge in [0.15, 0.2) is 0 Å². The van der Waals surface area contributed by atoms with Crippen molar-refractivity contribution in [1.29, 1.82) is 0 Å². The van der Waals surface area contributed by atoms with E-state index in [2.05, 4.69) is 10.1 Å². The SMILES string of the molecule is Cc1ccc(S(=O)(=O)O)cc1.FC(F)(F)C1COCCN1. The van der Waals surface area contributed by atoms with Gasteiger partial charge >= 0.3 is 6.18 Å². The first kappa shape index (κ1) is 17.9. The zero-order valence-electron chi connectivity index (χ0n) is 11.2. The Morgan fingerprint density at radius 3 is 2.19 bits per heavy atom. The molecule has 0 spiro atoms. The van der Waals surface area contributed by atoms with Gasteiger partial charge in [0, 0.05) is 6.54 Å². The minimum Gasteiger partial charge on any atom is -0.378 e. The molecular weight excluding hydrogens is 311 g/mol. The molecule has 1 atom stereocenters. The van der Waals surface area contributed by atoms with Crippen molar-refractivity contribution in [1.82, 2.24) is 5.32 Å². The highest BCUT2D eigenvalue weighted by Crippen LogP contribution is 2.21. The molecule has 1 unspecified atom stereocenters. The molecule has 0 bridgehead atoms. The van der Waals surface area contributed by atoms with Crippen molar-refractivity contribution in [3.05, 3.63) is 29.8 Å². The average Bonchev–Trinajstić information content (AvgIpc) is 2.39. The van der Waals surface area contributed by atoms with Gasteiger partial charge in [0.1, 0.15) is 6.04 Å². The van der Waals surface area contributed by atoms with Crippen molar-refractivity contribution in [2.45, 2.75) is 24.0 Å². The van der Waals surface area contributed by atoms with Crippen molar-refractivity contribution < 1.29 is 30.9 Å². The lowest BCUT2D eigenvalue weighted by Crippen LogP contribution is -2.50. The number of rotatable bonds is 1. The number of hydrogen-bond donors (Lipinski definition) is 2. The lowest BCUT2D eigenvalue weighted by Gasteiger charge is -2.25. The first-order valence-corrected chi connectivity index (χ1v) is 7.46. The molecule has 9 heteroatoms. The van der Waals surface area contributed by atoms with Crippen molar-refractivity contribution in [3.8, 4) is 0 Å². The van der Waals surface area contributed by atoms with Gasteiger partial charge < -0.3 is 10.1 Å². The second kappa shape index (κ2) is 7.21. The van der Waals surface area contributed by atoms with E-state index in [4.69, 9.17) is 4.55 Å². The standard InChI is InChI=1S/C7H8O3S.C5H8F3NO/c1-6-2-4-7(5-3-6)11(8,9)10;6-5(7,8)4-3-10-2-1-9-4/h2-5H,1H3,(H,8,9,10);4,9H,1-3H2. The van der Waals surface area contributed by atoms with E-state index in [9.17, 15) is 21.6 Å². The summed E-state index contributed by atoms with van der Waals surface area (Å²) >= 11 is 0. The third kappa shape index (κ3) is 6.42. The van der Waals surface area contributed by atoms with E-state index in [0.29, 0.717) is 6.61 Å². The number of morpholine rings is 1. The fraction of sp³-hybridized carbons (Fsp3) is 0.500. The van der Waals surface area contributed by atoms with E-state index in [0.717, 1.165) is 5.56 Å². The summed E-state index contributed by atoms with van der Waals surface area (Å²) in [6.07, 6.45) is -4.17. The molecule has 21 heavy (non-hydrogen) atoms. The van der Waals surface area contributed by atoms with E-state index in [1.165, 1.54) is 12.1 Å². The van der Waals surface area contributed by atoms with Gasteiger partial charge in [0.25, 0.3) is 10.1 Å². The van der Waals surface area contributed by atoms with Crippen LogP contribution in [0.25, 0.3) is 0 Å². The van der Waals surface area contributed by atoms with Crippen molar-refractivity contribution in [3.63, 3.8) is 0 Å². The van der Waals surface area contributed by atoms with Gasteiger partial charge in [-0.25, -0.2) is 0 Å². The van der Waals surface area contributed by atoms with Gasteiger partial charge in [0.05, 0.1) is 18.1 Å². The molecular formula is C12H16F3NO4S. The largest absolute Gasteiger partial charge is 0.406 e. The van der Waals surface area contributed by atoms with Crippen molar-refractivity contribution in [2.24, 2.45) is 0 Å². The monoisotopic (exact) mass is 327 g/mol. The smallest absolute Gasteiger partial charge is 0.378 e. The summed E-state index contributed by atoms with van der Waals surface area (Å²) in [6, 6.07) is 4.52. The number of ether oxygens (including phenoxy) is 1. The number of hydrogen-bond acceptors (Lipinski definition) is 4. The van der Waals surface area contributed by atoms with Crippen LogP contribution in [0.15, 0.2) is 29.2 Å². The van der Waals surface area contributed by atoms with Crippen LogP contribution in [-0.4, -0.2) is 44.9 Å². The Kier molecular flexibility index (Phi) is 6.14. The maximum Gasteiger partial charge on any atom is 0.406 e. The van der Waals surface area contributed by atoms with E-state index >= 15 is 0 Å². The molecule has 5 nitrogen and oxygen atoms in total. The van der Waals surface area contributed by atoms with Crippen LogP contribution in [0.1, 0.15) is 5.56 Å². The van der Waals surface area contributed by atoms with Gasteiger partial charge in [0.2, 0.25) is 0 Å². The first-order valence-electron chi connectivity index (χ1n) is 6.02. The minimum absolute atomic E-state index is 0.0666. The highest BCUT2D eigenvalue weighted by Gasteiger charge is 2.40. The van der Waals surface area contributed by atoms with E-state index in [-0.39, 0.29) is 18.0 Å². The predicted molar refractivity (Wildman–Crippen MR) is 69.7 cm³/mol. The Morgan fingerprint density at radius 1 is 1.29 bits per heavy atom. The first-order chi connectivity index (χ1) is 9.60. The fourth-order valence-electron chi connectivity index (χ4n) is 1.49. The molecule has 0 radical (unpaired) electrons. The van der Waals surface area contributed by atoms with E-state index in [1.807, 2.05) is 6.92 Å². The normalized spacial score (nSPS) is 19.6. The lowest BCUT2D eigenvalue weighted by molar-refractivity contribution is -0.176. The number of benzene rings is 1. The Bertz CT molecular complexity index is 537. The lowest BCUT2D eigenvalue weighted by atomic mass is 10.2. The van der Waals surface area contributed by atoms with Crippen LogP contribution in [0.4, 0.5) is 13.2 Å². The Hall–Kier alpha value is -1.16. The molecule has 2 N–H and O–H groups in total. The molecule has 2 rings (SSSR count). The summed E-state index contributed by atoms with van der Waals surface area (Å²) in [5.74, 6) is 0. The van der Waals surface area contributed by atoms with Crippen LogP contribution in [0.5, 0.6) is 0 Å². The van der Waals surface area contributed by atoms with Gasteiger partial charge in [-0.1, -0.05) is 17.7 Å². The number of aryl methyl sites for hydroxylation is 1. The number of nitrogens with one attached hydrogen (secondary N) is 1. The molecule has 0 aromatic heterocycles. The summed E-state index contributed by atoms with van der Waals surface area (Å²) in [6.45, 7) is 2.23. The second-order valence-electron chi connectivity index (χ2n) is 4.41. The summed E-state index contributed by atoms with van der Waals surface area (Å²) in [4.78, 5) is -0.0666. The maximum atomic E-state index is 11.8. The van der Waals surface area contributed by atoms with Crippen LogP contribution in [0, 0.1) is 6.92 Å². The van der Waals surface area contributed by atoms with Crippen LogP contribution >= 0.6 is 0 Å². The van der Waals surface area contributed by atoms with Gasteiger partial charge in [-0.05, 0) is 19.1 Å². The second-order valence-corrected chi connectivity index (χ2v) is 5.83. The molecule has 1 aliphatic heterocycles. The molecule has 1 aromatic carbocycles. The minimum atomic E-state index is -4.17. The predicted octanol–water partition coefficient (Wildman–Crippen LogP) is 1.78. The zero-order chi connectivity index (χ0) is 16.1. The molecule has 1 saturated heterocycles. The zero-order valence-corrected chi connectivity index (χ0v) is 12.0. The average molecular weight is 327 g/mol. The van der Waals surface area contributed by atoms with Crippen LogP contribution in [0.2, 0.25) is 0 Å². The van der Waals surface area contributed by atoms with Gasteiger partial charge in [-0.2, -0.15) is 21.6 Å². The highest BCUT2D eigenvalue weighted by molar-refractivity contribution is 7.85. The molecule has 120 valence electrons. The fourth-order valence-corrected chi connectivity index (χ4v) is 1.97. The molecule has 1 aliphatic rings. The molecule has 0 amide bonds. The molecule has 1 aromatic rings. The van der Waals surface area contributed by atoms with Crippen molar-refractivity contribution in [2.75, 3.05) is 19.8 Å². The summed E-state index contributed by atoms with van der Waals surface area (Å²) < 4.78 is 69.6. The van der Waals surface area contributed by atoms with Crippen LogP contribution < -0.4 is 5.32 Å². The van der Waals surface area contributed by atoms with Gasteiger partial charge in [-0.15, -0.1) is 0 Å². The quantitative estimate of drug-likeness (QED) is 0.769. The highest BCUT2D eigenvalue weighted by atomic mass is 32.2. The van der Waals surface area contributed by atoms with E-state index in [1.54, 1.807) is 12.1 Å². The Morgan fingerprint density at radius 2 is 1.86 bits per heavy atom.